The lowest BCUT2D eigenvalue weighted by atomic mass is 9.86. The zero-order chi connectivity index (χ0) is 15.8. The van der Waals surface area contributed by atoms with Gasteiger partial charge in [-0.3, -0.25) is 9.69 Å². The van der Waals surface area contributed by atoms with Crippen molar-refractivity contribution in [3.05, 3.63) is 33.8 Å². The highest BCUT2D eigenvalue weighted by atomic mass is 79.9. The Hall–Kier alpha value is -1.08. The fourth-order valence-corrected chi connectivity index (χ4v) is 2.86. The Labute approximate surface area is 128 Å². The first-order valence-corrected chi connectivity index (χ1v) is 7.22. The summed E-state index contributed by atoms with van der Waals surface area (Å²) in [6.07, 6.45) is -5.13. The molecule has 1 N–H and O–H groups in total. The van der Waals surface area contributed by atoms with Crippen molar-refractivity contribution in [2.24, 2.45) is 5.41 Å². The van der Waals surface area contributed by atoms with E-state index in [1.165, 1.54) is 0 Å². The molecule has 0 aromatic heterocycles. The maximum Gasteiger partial charge on any atom is 0.406 e. The van der Waals surface area contributed by atoms with E-state index in [0.717, 1.165) is 15.6 Å². The molecule has 0 saturated carbocycles. The minimum absolute atomic E-state index is 0.126. The summed E-state index contributed by atoms with van der Waals surface area (Å²) in [4.78, 5) is 12.7. The lowest BCUT2D eigenvalue weighted by molar-refractivity contribution is -0.227. The third kappa shape index (κ3) is 3.08. The summed E-state index contributed by atoms with van der Waals surface area (Å²) < 4.78 is 40.2. The quantitative estimate of drug-likeness (QED) is 0.889. The standard InChI is InChI=1S/C14H15BrF3NO2/c1-9-6-10(2-3-11(9)15)7-19-5-4-13(8-19,12(20)21)14(16,17)18/h2-3,6H,4-5,7-8H2,1H3,(H,20,21). The Kier molecular flexibility index (Phi) is 4.35. The molecule has 1 fully saturated rings. The van der Waals surface area contributed by atoms with Crippen LogP contribution in [-0.4, -0.2) is 35.2 Å². The highest BCUT2D eigenvalue weighted by molar-refractivity contribution is 9.10. The molecule has 0 spiro atoms. The van der Waals surface area contributed by atoms with Crippen molar-refractivity contribution in [2.45, 2.75) is 26.1 Å². The SMILES string of the molecule is Cc1cc(CN2CCC(C(=O)O)(C(F)(F)F)C2)ccc1Br. The van der Waals surface area contributed by atoms with Crippen LogP contribution in [0.5, 0.6) is 0 Å². The van der Waals surface area contributed by atoms with Crippen LogP contribution in [-0.2, 0) is 11.3 Å². The van der Waals surface area contributed by atoms with E-state index in [4.69, 9.17) is 5.11 Å². The highest BCUT2D eigenvalue weighted by Gasteiger charge is 2.63. The topological polar surface area (TPSA) is 40.5 Å². The monoisotopic (exact) mass is 365 g/mol. The van der Waals surface area contributed by atoms with Crippen LogP contribution in [0.15, 0.2) is 22.7 Å². The number of benzene rings is 1. The summed E-state index contributed by atoms with van der Waals surface area (Å²) in [6, 6.07) is 5.55. The first kappa shape index (κ1) is 16.3. The van der Waals surface area contributed by atoms with E-state index in [0.29, 0.717) is 6.54 Å². The van der Waals surface area contributed by atoms with E-state index in [2.05, 4.69) is 15.9 Å². The number of aliphatic carboxylic acids is 1. The molecule has 1 atom stereocenters. The Morgan fingerprint density at radius 1 is 1.48 bits per heavy atom. The van der Waals surface area contributed by atoms with Gasteiger partial charge >= 0.3 is 12.1 Å². The van der Waals surface area contributed by atoms with E-state index in [1.54, 1.807) is 4.90 Å². The second-order valence-corrected chi connectivity index (χ2v) is 6.28. The van der Waals surface area contributed by atoms with Crippen LogP contribution in [0.3, 0.4) is 0 Å². The van der Waals surface area contributed by atoms with E-state index in [-0.39, 0.29) is 6.54 Å². The number of aryl methyl sites for hydroxylation is 1. The number of alkyl halides is 3. The van der Waals surface area contributed by atoms with Gasteiger partial charge < -0.3 is 5.11 Å². The summed E-state index contributed by atoms with van der Waals surface area (Å²) in [5, 5.41) is 9.01. The molecule has 1 aromatic rings. The van der Waals surface area contributed by atoms with Gasteiger partial charge in [-0.2, -0.15) is 13.2 Å². The van der Waals surface area contributed by atoms with Crippen molar-refractivity contribution in [1.82, 2.24) is 4.90 Å². The van der Waals surface area contributed by atoms with Gasteiger partial charge in [0.15, 0.2) is 5.41 Å². The minimum Gasteiger partial charge on any atom is -0.481 e. The fourth-order valence-electron chi connectivity index (χ4n) is 2.61. The van der Waals surface area contributed by atoms with Crippen molar-refractivity contribution >= 4 is 21.9 Å². The summed E-state index contributed by atoms with van der Waals surface area (Å²) in [7, 11) is 0. The van der Waals surface area contributed by atoms with Gasteiger partial charge in [-0.15, -0.1) is 0 Å². The summed E-state index contributed by atoms with van der Waals surface area (Å²) in [6.45, 7) is 1.84. The van der Waals surface area contributed by atoms with Crippen LogP contribution in [0.1, 0.15) is 17.5 Å². The molecule has 0 radical (unpaired) electrons. The van der Waals surface area contributed by atoms with E-state index in [1.807, 2.05) is 25.1 Å². The van der Waals surface area contributed by atoms with Gasteiger partial charge in [-0.25, -0.2) is 0 Å². The number of nitrogens with zero attached hydrogens (tertiary/aromatic N) is 1. The summed E-state index contributed by atoms with van der Waals surface area (Å²) >= 11 is 3.37. The van der Waals surface area contributed by atoms with Crippen molar-refractivity contribution in [3.63, 3.8) is 0 Å². The third-order valence-electron chi connectivity index (χ3n) is 3.93. The summed E-state index contributed by atoms with van der Waals surface area (Å²) in [5.74, 6) is -1.79. The Balaban J connectivity index is 2.14. The number of carbonyl (C=O) groups is 1. The lowest BCUT2D eigenvalue weighted by Crippen LogP contribution is -2.47. The van der Waals surface area contributed by atoms with Crippen LogP contribution in [0.2, 0.25) is 0 Å². The van der Waals surface area contributed by atoms with E-state index < -0.39 is 30.5 Å². The molecular formula is C14H15BrF3NO2. The van der Waals surface area contributed by atoms with Crippen LogP contribution in [0.25, 0.3) is 0 Å². The van der Waals surface area contributed by atoms with Gasteiger partial charge in [0.25, 0.3) is 0 Å². The molecule has 116 valence electrons. The molecule has 1 unspecified atom stereocenters. The number of carboxylic acid groups (broad SMARTS) is 1. The van der Waals surface area contributed by atoms with Crippen molar-refractivity contribution in [1.29, 1.82) is 0 Å². The predicted octanol–water partition coefficient (Wildman–Crippen LogP) is 3.60. The molecule has 21 heavy (non-hydrogen) atoms. The normalized spacial score (nSPS) is 23.5. The number of hydrogen-bond acceptors (Lipinski definition) is 2. The second kappa shape index (κ2) is 5.61. The van der Waals surface area contributed by atoms with Gasteiger partial charge in [-0.05, 0) is 30.5 Å². The molecule has 0 amide bonds. The van der Waals surface area contributed by atoms with Crippen molar-refractivity contribution < 1.29 is 23.1 Å². The molecule has 3 nitrogen and oxygen atoms in total. The molecule has 0 aliphatic carbocycles. The third-order valence-corrected chi connectivity index (χ3v) is 4.82. The molecule has 1 heterocycles. The molecule has 1 saturated heterocycles. The number of hydrogen-bond donors (Lipinski definition) is 1. The van der Waals surface area contributed by atoms with Crippen molar-refractivity contribution in [3.8, 4) is 0 Å². The molecule has 1 aliphatic heterocycles. The highest BCUT2D eigenvalue weighted by Crippen LogP contribution is 2.46. The Bertz CT molecular complexity index is 562. The largest absolute Gasteiger partial charge is 0.481 e. The van der Waals surface area contributed by atoms with Gasteiger partial charge in [-0.1, -0.05) is 28.1 Å². The molecule has 0 bridgehead atoms. The number of halogens is 4. The molecule has 1 aromatic carbocycles. The molecule has 7 heteroatoms. The molecule has 2 rings (SSSR count). The molecular weight excluding hydrogens is 351 g/mol. The Morgan fingerprint density at radius 3 is 2.62 bits per heavy atom. The maximum absolute atomic E-state index is 13.1. The predicted molar refractivity (Wildman–Crippen MR) is 74.9 cm³/mol. The van der Waals surface area contributed by atoms with Gasteiger partial charge in [0.1, 0.15) is 0 Å². The van der Waals surface area contributed by atoms with Gasteiger partial charge in [0, 0.05) is 24.1 Å². The first-order valence-electron chi connectivity index (χ1n) is 6.43. The average molecular weight is 366 g/mol. The number of rotatable bonds is 3. The number of likely N-dealkylation sites (tertiary alicyclic amines) is 1. The second-order valence-electron chi connectivity index (χ2n) is 5.43. The summed E-state index contributed by atoms with van der Waals surface area (Å²) in [5.41, 5.74) is -0.775. The zero-order valence-corrected chi connectivity index (χ0v) is 13.0. The maximum atomic E-state index is 13.1. The van der Waals surface area contributed by atoms with Crippen LogP contribution in [0, 0.1) is 12.3 Å². The molecule has 1 aliphatic rings. The lowest BCUT2D eigenvalue weighted by Gasteiger charge is -2.27. The minimum atomic E-state index is -4.73. The van der Waals surface area contributed by atoms with Crippen LogP contribution >= 0.6 is 15.9 Å². The van der Waals surface area contributed by atoms with Crippen LogP contribution in [0.4, 0.5) is 13.2 Å². The van der Waals surface area contributed by atoms with Crippen LogP contribution < -0.4 is 0 Å². The van der Waals surface area contributed by atoms with Gasteiger partial charge in [0.05, 0.1) is 0 Å². The van der Waals surface area contributed by atoms with Gasteiger partial charge in [0.2, 0.25) is 0 Å². The number of carboxylic acids is 1. The van der Waals surface area contributed by atoms with E-state index in [9.17, 15) is 18.0 Å². The zero-order valence-electron chi connectivity index (χ0n) is 11.4. The average Bonchev–Trinajstić information content (AvgIpc) is 2.79. The first-order chi connectivity index (χ1) is 9.65. The van der Waals surface area contributed by atoms with E-state index >= 15 is 0 Å². The smallest absolute Gasteiger partial charge is 0.406 e. The Morgan fingerprint density at radius 2 is 2.14 bits per heavy atom. The van der Waals surface area contributed by atoms with Crippen molar-refractivity contribution in [2.75, 3.05) is 13.1 Å². The fraction of sp³-hybridized carbons (Fsp3) is 0.500.